The highest BCUT2D eigenvalue weighted by atomic mass is 79.9. The lowest BCUT2D eigenvalue weighted by molar-refractivity contribution is -0.384. The van der Waals surface area contributed by atoms with Crippen LogP contribution in [0.1, 0.15) is 16.2 Å². The van der Waals surface area contributed by atoms with Gasteiger partial charge in [0.05, 0.1) is 21.3 Å². The number of nitrogens with zero attached hydrogens (tertiary/aromatic N) is 3. The summed E-state index contributed by atoms with van der Waals surface area (Å²) in [4.78, 5) is 22.7. The van der Waals surface area contributed by atoms with Crippen molar-refractivity contribution < 1.29 is 14.1 Å². The summed E-state index contributed by atoms with van der Waals surface area (Å²) in [7, 11) is 0. The SMILES string of the molecule is O=C(N/N=C\c1cccn1-c1ccc([N+](=O)[O-])cc1)c1cc2cc(Br)cc(Br)c2o1. The van der Waals surface area contributed by atoms with Gasteiger partial charge < -0.3 is 8.98 Å². The van der Waals surface area contributed by atoms with E-state index in [9.17, 15) is 14.9 Å². The van der Waals surface area contributed by atoms with E-state index in [1.165, 1.54) is 18.3 Å². The number of halogens is 2. The number of carbonyl (C=O) groups excluding carboxylic acids is 1. The molecule has 0 aliphatic rings. The minimum Gasteiger partial charge on any atom is -0.450 e. The molecule has 10 heteroatoms. The Balaban J connectivity index is 1.50. The number of hydrogen-bond acceptors (Lipinski definition) is 5. The van der Waals surface area contributed by atoms with Crippen LogP contribution in [0, 0.1) is 10.1 Å². The number of rotatable bonds is 5. The van der Waals surface area contributed by atoms with Crippen LogP contribution in [0.3, 0.4) is 0 Å². The van der Waals surface area contributed by atoms with Gasteiger partial charge in [0, 0.05) is 33.9 Å². The van der Waals surface area contributed by atoms with Crippen LogP contribution in [-0.2, 0) is 0 Å². The summed E-state index contributed by atoms with van der Waals surface area (Å²) in [5, 5.41) is 15.6. The highest BCUT2D eigenvalue weighted by Crippen LogP contribution is 2.31. The van der Waals surface area contributed by atoms with Gasteiger partial charge in [0.25, 0.3) is 5.69 Å². The first-order chi connectivity index (χ1) is 14.4. The zero-order chi connectivity index (χ0) is 21.3. The van der Waals surface area contributed by atoms with E-state index in [2.05, 4.69) is 42.4 Å². The molecule has 30 heavy (non-hydrogen) atoms. The Morgan fingerprint density at radius 3 is 2.67 bits per heavy atom. The minimum atomic E-state index is -0.487. The second-order valence-electron chi connectivity index (χ2n) is 6.19. The topological polar surface area (TPSA) is 103 Å². The average Bonchev–Trinajstić information content (AvgIpc) is 3.35. The zero-order valence-corrected chi connectivity index (χ0v) is 18.3. The van der Waals surface area contributed by atoms with Crippen molar-refractivity contribution in [2.75, 3.05) is 0 Å². The summed E-state index contributed by atoms with van der Waals surface area (Å²) >= 11 is 6.81. The van der Waals surface area contributed by atoms with E-state index in [0.717, 1.165) is 20.0 Å². The van der Waals surface area contributed by atoms with Crippen LogP contribution in [0.15, 0.2) is 79.3 Å². The molecular formula is C20H12Br2N4O4. The Kier molecular flexibility index (Phi) is 5.51. The van der Waals surface area contributed by atoms with Crippen molar-refractivity contribution in [3.63, 3.8) is 0 Å². The standard InChI is InChI=1S/C20H12Br2N4O4/c21-13-8-12-9-18(30-19(12)17(22)10-13)20(27)24-23-11-16-2-1-7-25(16)14-3-5-15(6-4-14)26(28)29/h1-11H,(H,24,27)/b23-11-. The third kappa shape index (κ3) is 4.05. The molecule has 0 aliphatic carbocycles. The number of benzene rings is 2. The number of nitro benzene ring substituents is 1. The van der Waals surface area contributed by atoms with Crippen molar-refractivity contribution >= 4 is 60.6 Å². The molecule has 2 aromatic carbocycles. The van der Waals surface area contributed by atoms with E-state index in [4.69, 9.17) is 4.42 Å². The minimum absolute atomic E-state index is 0.0119. The molecule has 1 amide bonds. The smallest absolute Gasteiger partial charge is 0.307 e. The van der Waals surface area contributed by atoms with E-state index < -0.39 is 10.8 Å². The molecule has 2 heterocycles. The molecule has 0 saturated heterocycles. The molecule has 0 saturated carbocycles. The first-order valence-electron chi connectivity index (χ1n) is 8.56. The average molecular weight is 532 g/mol. The highest BCUT2D eigenvalue weighted by Gasteiger charge is 2.14. The van der Waals surface area contributed by atoms with Crippen molar-refractivity contribution in [3.8, 4) is 5.69 Å². The lowest BCUT2D eigenvalue weighted by Crippen LogP contribution is -2.17. The Morgan fingerprint density at radius 2 is 1.93 bits per heavy atom. The molecule has 0 aliphatic heterocycles. The third-order valence-electron chi connectivity index (χ3n) is 4.24. The zero-order valence-electron chi connectivity index (χ0n) is 15.1. The van der Waals surface area contributed by atoms with Crippen molar-refractivity contribution in [1.29, 1.82) is 0 Å². The van der Waals surface area contributed by atoms with Crippen molar-refractivity contribution in [1.82, 2.24) is 9.99 Å². The first-order valence-corrected chi connectivity index (χ1v) is 10.1. The number of non-ortho nitro benzene ring substituents is 1. The van der Waals surface area contributed by atoms with E-state index >= 15 is 0 Å². The van der Waals surface area contributed by atoms with Gasteiger partial charge in [0.1, 0.15) is 5.58 Å². The van der Waals surface area contributed by atoms with Crippen LogP contribution in [0.25, 0.3) is 16.7 Å². The van der Waals surface area contributed by atoms with Crippen molar-refractivity contribution in [2.45, 2.75) is 0 Å². The molecule has 4 rings (SSSR count). The second kappa shape index (κ2) is 8.25. The fourth-order valence-electron chi connectivity index (χ4n) is 2.87. The van der Waals surface area contributed by atoms with Gasteiger partial charge in [0.2, 0.25) is 0 Å². The largest absolute Gasteiger partial charge is 0.450 e. The monoisotopic (exact) mass is 530 g/mol. The maximum Gasteiger partial charge on any atom is 0.307 e. The molecule has 150 valence electrons. The predicted octanol–water partition coefficient (Wildman–Crippen LogP) is 5.42. The Labute approximate surface area is 186 Å². The molecule has 0 fully saturated rings. The number of hydrogen-bond donors (Lipinski definition) is 1. The summed E-state index contributed by atoms with van der Waals surface area (Å²) < 4.78 is 8.99. The van der Waals surface area contributed by atoms with Gasteiger partial charge in [0.15, 0.2) is 5.76 Å². The number of nitrogens with one attached hydrogen (secondary N) is 1. The van der Waals surface area contributed by atoms with Crippen molar-refractivity contribution in [3.05, 3.63) is 91.3 Å². The molecule has 0 atom stereocenters. The Morgan fingerprint density at radius 1 is 1.17 bits per heavy atom. The number of nitro groups is 1. The molecule has 0 spiro atoms. The third-order valence-corrected chi connectivity index (χ3v) is 5.29. The van der Waals surface area contributed by atoms with E-state index in [1.54, 1.807) is 41.1 Å². The molecule has 0 radical (unpaired) electrons. The van der Waals surface area contributed by atoms with Gasteiger partial charge in [-0.05, 0) is 58.4 Å². The van der Waals surface area contributed by atoms with Gasteiger partial charge in [-0.3, -0.25) is 14.9 Å². The number of fused-ring (bicyclic) bond motifs is 1. The molecule has 4 aromatic rings. The van der Waals surface area contributed by atoms with Gasteiger partial charge in [-0.25, -0.2) is 5.43 Å². The molecule has 1 N–H and O–H groups in total. The van der Waals surface area contributed by atoms with Crippen LogP contribution in [0.5, 0.6) is 0 Å². The number of carbonyl (C=O) groups is 1. The van der Waals surface area contributed by atoms with E-state index in [0.29, 0.717) is 11.3 Å². The summed E-state index contributed by atoms with van der Waals surface area (Å²) in [6.45, 7) is 0. The number of furan rings is 1. The van der Waals surface area contributed by atoms with Gasteiger partial charge in [-0.2, -0.15) is 5.10 Å². The molecule has 0 bridgehead atoms. The number of amides is 1. The Hall–Kier alpha value is -3.24. The maximum absolute atomic E-state index is 12.4. The highest BCUT2D eigenvalue weighted by molar-refractivity contribution is 9.11. The number of hydrazone groups is 1. The molecular weight excluding hydrogens is 520 g/mol. The lowest BCUT2D eigenvalue weighted by atomic mass is 10.2. The predicted molar refractivity (Wildman–Crippen MR) is 119 cm³/mol. The molecule has 0 unspecified atom stereocenters. The summed E-state index contributed by atoms with van der Waals surface area (Å²) in [5.41, 5.74) is 4.43. The molecule has 2 aromatic heterocycles. The second-order valence-corrected chi connectivity index (χ2v) is 7.96. The van der Waals surface area contributed by atoms with Crippen LogP contribution < -0.4 is 5.43 Å². The summed E-state index contributed by atoms with van der Waals surface area (Å²) in [5.74, 6) is -0.356. The van der Waals surface area contributed by atoms with Crippen LogP contribution in [0.2, 0.25) is 0 Å². The lowest BCUT2D eigenvalue weighted by Gasteiger charge is -2.05. The van der Waals surface area contributed by atoms with E-state index in [1.807, 2.05) is 12.1 Å². The number of aromatic nitrogens is 1. The van der Waals surface area contributed by atoms with Gasteiger partial charge >= 0.3 is 5.91 Å². The van der Waals surface area contributed by atoms with Gasteiger partial charge in [-0.1, -0.05) is 15.9 Å². The van der Waals surface area contributed by atoms with Gasteiger partial charge in [-0.15, -0.1) is 0 Å². The summed E-state index contributed by atoms with van der Waals surface area (Å²) in [6, 6.07) is 15.0. The van der Waals surface area contributed by atoms with E-state index in [-0.39, 0.29) is 11.4 Å². The molecule has 8 nitrogen and oxygen atoms in total. The van der Waals surface area contributed by atoms with Crippen LogP contribution >= 0.6 is 31.9 Å². The first kappa shape index (κ1) is 20.0. The fourth-order valence-corrected chi connectivity index (χ4v) is 4.21. The fraction of sp³-hybridized carbons (Fsp3) is 0. The Bertz CT molecular complexity index is 1290. The maximum atomic E-state index is 12.4. The normalized spacial score (nSPS) is 11.3. The quantitative estimate of drug-likeness (QED) is 0.211. The summed E-state index contributed by atoms with van der Waals surface area (Å²) in [6.07, 6.45) is 3.27. The van der Waals surface area contributed by atoms with Crippen molar-refractivity contribution in [2.24, 2.45) is 5.10 Å². The van der Waals surface area contributed by atoms with Crippen LogP contribution in [-0.4, -0.2) is 21.6 Å². The van der Waals surface area contributed by atoms with Crippen LogP contribution in [0.4, 0.5) is 5.69 Å².